The third-order valence-corrected chi connectivity index (χ3v) is 4.20. The van der Waals surface area contributed by atoms with Gasteiger partial charge in [0.1, 0.15) is 5.82 Å². The van der Waals surface area contributed by atoms with Gasteiger partial charge in [0.25, 0.3) is 0 Å². The van der Waals surface area contributed by atoms with Crippen LogP contribution in [-0.2, 0) is 11.3 Å². The zero-order chi connectivity index (χ0) is 16.8. The molecule has 1 atom stereocenters. The van der Waals surface area contributed by atoms with Crippen molar-refractivity contribution in [1.82, 2.24) is 19.7 Å². The molecule has 0 saturated carbocycles. The molecular weight excluding hydrogens is 306 g/mol. The molecule has 2 aromatic heterocycles. The first-order valence-corrected chi connectivity index (χ1v) is 8.23. The number of carbonyl (C=O) groups excluding carboxylic acids is 1. The molecule has 3 rings (SSSR count). The van der Waals surface area contributed by atoms with Gasteiger partial charge in [-0.05, 0) is 25.0 Å². The van der Waals surface area contributed by atoms with E-state index >= 15 is 0 Å². The monoisotopic (exact) mass is 329 g/mol. The number of methoxy groups -OCH3 is 1. The maximum absolute atomic E-state index is 12.5. The zero-order valence-electron chi connectivity index (χ0n) is 13.9. The topological polar surface area (TPSA) is 72.3 Å². The highest BCUT2D eigenvalue weighted by atomic mass is 16.5. The number of likely N-dealkylation sites (tertiary alicyclic amines) is 1. The van der Waals surface area contributed by atoms with Gasteiger partial charge in [-0.15, -0.1) is 0 Å². The fourth-order valence-electron chi connectivity index (χ4n) is 3.02. The number of amides is 2. The highest BCUT2D eigenvalue weighted by Gasteiger charge is 2.24. The standard InChI is InChI=1S/C17H23N5O2/c1-24-13-14-5-4-10-21(11-14)17(23)20-16-7-9-19-22(16)12-15-6-2-3-8-18-15/h2-3,6-9,14H,4-5,10-13H2,1H3,(H,20,23). The normalized spacial score (nSPS) is 17.7. The van der Waals surface area contributed by atoms with E-state index in [1.54, 1.807) is 30.3 Å². The highest BCUT2D eigenvalue weighted by Crippen LogP contribution is 2.18. The third-order valence-electron chi connectivity index (χ3n) is 4.20. The van der Waals surface area contributed by atoms with Gasteiger partial charge in [0.2, 0.25) is 0 Å². The van der Waals surface area contributed by atoms with Gasteiger partial charge in [0.05, 0.1) is 25.0 Å². The van der Waals surface area contributed by atoms with Crippen LogP contribution in [0.2, 0.25) is 0 Å². The Morgan fingerprint density at radius 2 is 2.29 bits per heavy atom. The molecule has 1 unspecified atom stereocenters. The summed E-state index contributed by atoms with van der Waals surface area (Å²) >= 11 is 0. The molecule has 1 fully saturated rings. The van der Waals surface area contributed by atoms with E-state index < -0.39 is 0 Å². The zero-order valence-corrected chi connectivity index (χ0v) is 13.9. The average molecular weight is 329 g/mol. The van der Waals surface area contributed by atoms with Crippen LogP contribution in [0.5, 0.6) is 0 Å². The SMILES string of the molecule is COCC1CCCN(C(=O)Nc2ccnn2Cc2ccccn2)C1. The molecule has 3 heterocycles. The number of aromatic nitrogens is 3. The minimum atomic E-state index is -0.0847. The Balaban J connectivity index is 1.62. The summed E-state index contributed by atoms with van der Waals surface area (Å²) in [6, 6.07) is 7.47. The molecule has 0 aliphatic carbocycles. The van der Waals surface area contributed by atoms with E-state index in [9.17, 15) is 4.79 Å². The summed E-state index contributed by atoms with van der Waals surface area (Å²) in [6.45, 7) is 2.73. The molecule has 2 aromatic rings. The van der Waals surface area contributed by atoms with Gasteiger partial charge < -0.3 is 9.64 Å². The van der Waals surface area contributed by atoms with Crippen molar-refractivity contribution in [2.45, 2.75) is 19.4 Å². The summed E-state index contributed by atoms with van der Waals surface area (Å²) in [4.78, 5) is 18.7. The van der Waals surface area contributed by atoms with Crippen LogP contribution < -0.4 is 5.32 Å². The minimum Gasteiger partial charge on any atom is -0.384 e. The number of hydrogen-bond donors (Lipinski definition) is 1. The van der Waals surface area contributed by atoms with Crippen molar-refractivity contribution in [3.63, 3.8) is 0 Å². The van der Waals surface area contributed by atoms with Gasteiger partial charge in [-0.3, -0.25) is 10.3 Å². The lowest BCUT2D eigenvalue weighted by Crippen LogP contribution is -2.43. The largest absolute Gasteiger partial charge is 0.384 e. The lowest BCUT2D eigenvalue weighted by Gasteiger charge is -2.32. The molecule has 0 radical (unpaired) electrons. The molecule has 1 N–H and O–H groups in total. The summed E-state index contributed by atoms with van der Waals surface area (Å²) in [5.41, 5.74) is 0.898. The van der Waals surface area contributed by atoms with Crippen LogP contribution in [-0.4, -0.2) is 52.5 Å². The maximum atomic E-state index is 12.5. The molecule has 0 aromatic carbocycles. The molecule has 1 aliphatic heterocycles. The van der Waals surface area contributed by atoms with Crippen LogP contribution in [0.25, 0.3) is 0 Å². The summed E-state index contributed by atoms with van der Waals surface area (Å²) in [5.74, 6) is 1.09. The summed E-state index contributed by atoms with van der Waals surface area (Å²) in [7, 11) is 1.70. The van der Waals surface area contributed by atoms with Crippen LogP contribution >= 0.6 is 0 Å². The van der Waals surface area contributed by atoms with Crippen molar-refractivity contribution in [2.75, 3.05) is 32.1 Å². The number of nitrogens with zero attached hydrogens (tertiary/aromatic N) is 4. The number of rotatable bonds is 5. The number of hydrogen-bond acceptors (Lipinski definition) is 4. The molecule has 7 nitrogen and oxygen atoms in total. The van der Waals surface area contributed by atoms with Crippen molar-refractivity contribution in [3.05, 3.63) is 42.4 Å². The van der Waals surface area contributed by atoms with Crippen LogP contribution in [0.1, 0.15) is 18.5 Å². The Bertz CT molecular complexity index is 656. The second kappa shape index (κ2) is 7.92. The van der Waals surface area contributed by atoms with Crippen LogP contribution in [0.15, 0.2) is 36.7 Å². The molecule has 0 bridgehead atoms. The highest BCUT2D eigenvalue weighted by molar-refractivity contribution is 5.88. The van der Waals surface area contributed by atoms with E-state index in [4.69, 9.17) is 4.74 Å². The van der Waals surface area contributed by atoms with E-state index in [0.717, 1.165) is 31.6 Å². The Morgan fingerprint density at radius 3 is 3.08 bits per heavy atom. The van der Waals surface area contributed by atoms with E-state index in [1.165, 1.54) is 0 Å². The van der Waals surface area contributed by atoms with Crippen LogP contribution in [0, 0.1) is 5.92 Å². The van der Waals surface area contributed by atoms with Gasteiger partial charge in [-0.2, -0.15) is 5.10 Å². The second-order valence-electron chi connectivity index (χ2n) is 6.03. The molecule has 1 aliphatic rings. The van der Waals surface area contributed by atoms with E-state index in [1.807, 2.05) is 23.1 Å². The predicted octanol–water partition coefficient (Wildman–Crippen LogP) is 2.22. The molecule has 7 heteroatoms. The molecule has 24 heavy (non-hydrogen) atoms. The predicted molar refractivity (Wildman–Crippen MR) is 90.8 cm³/mol. The fraction of sp³-hybridized carbons (Fsp3) is 0.471. The van der Waals surface area contributed by atoms with E-state index in [0.29, 0.717) is 24.9 Å². The fourth-order valence-corrected chi connectivity index (χ4v) is 3.02. The Labute approximate surface area is 141 Å². The quantitative estimate of drug-likeness (QED) is 0.913. The Hall–Kier alpha value is -2.41. The third kappa shape index (κ3) is 4.11. The molecule has 1 saturated heterocycles. The molecular formula is C17H23N5O2. The maximum Gasteiger partial charge on any atom is 0.323 e. The average Bonchev–Trinajstić information content (AvgIpc) is 3.03. The van der Waals surface area contributed by atoms with Crippen molar-refractivity contribution < 1.29 is 9.53 Å². The number of pyridine rings is 1. The number of anilines is 1. The Morgan fingerprint density at radius 1 is 1.38 bits per heavy atom. The first-order chi connectivity index (χ1) is 11.8. The van der Waals surface area contributed by atoms with E-state index in [-0.39, 0.29) is 6.03 Å². The summed E-state index contributed by atoms with van der Waals surface area (Å²) < 4.78 is 6.97. The number of carbonyl (C=O) groups is 1. The molecule has 128 valence electrons. The number of piperidine rings is 1. The van der Waals surface area contributed by atoms with Crippen molar-refractivity contribution in [3.8, 4) is 0 Å². The Kier molecular flexibility index (Phi) is 5.43. The lowest BCUT2D eigenvalue weighted by atomic mass is 9.99. The second-order valence-corrected chi connectivity index (χ2v) is 6.03. The van der Waals surface area contributed by atoms with Gasteiger partial charge in [0, 0.05) is 38.4 Å². The van der Waals surface area contributed by atoms with Crippen molar-refractivity contribution in [1.29, 1.82) is 0 Å². The van der Waals surface area contributed by atoms with Gasteiger partial charge in [-0.1, -0.05) is 6.07 Å². The number of nitrogens with one attached hydrogen (secondary N) is 1. The van der Waals surface area contributed by atoms with Gasteiger partial charge >= 0.3 is 6.03 Å². The van der Waals surface area contributed by atoms with E-state index in [2.05, 4.69) is 15.4 Å². The number of urea groups is 1. The number of ether oxygens (including phenoxy) is 1. The smallest absolute Gasteiger partial charge is 0.323 e. The minimum absolute atomic E-state index is 0.0847. The van der Waals surface area contributed by atoms with Gasteiger partial charge in [-0.25, -0.2) is 9.48 Å². The molecule has 2 amide bonds. The van der Waals surface area contributed by atoms with Crippen LogP contribution in [0.4, 0.5) is 10.6 Å². The summed E-state index contributed by atoms with van der Waals surface area (Å²) in [6.07, 6.45) is 5.55. The summed E-state index contributed by atoms with van der Waals surface area (Å²) in [5, 5.41) is 7.24. The van der Waals surface area contributed by atoms with Crippen molar-refractivity contribution in [2.24, 2.45) is 5.92 Å². The molecule has 0 spiro atoms. The lowest BCUT2D eigenvalue weighted by molar-refractivity contribution is 0.104. The van der Waals surface area contributed by atoms with Crippen molar-refractivity contribution >= 4 is 11.8 Å². The first kappa shape index (κ1) is 16.4. The first-order valence-electron chi connectivity index (χ1n) is 8.23. The van der Waals surface area contributed by atoms with Crippen LogP contribution in [0.3, 0.4) is 0 Å². The van der Waals surface area contributed by atoms with Gasteiger partial charge in [0.15, 0.2) is 0 Å².